The predicted molar refractivity (Wildman–Crippen MR) is 343 cm³/mol. The van der Waals surface area contributed by atoms with Gasteiger partial charge in [-0.25, -0.2) is 0 Å². The number of aliphatic hydroxyl groups is 2. The maximum atomic E-state index is 12.5. The minimum Gasteiger partial charge on any atom is -0.466 e. The summed E-state index contributed by atoms with van der Waals surface area (Å²) >= 11 is 0. The smallest absolute Gasteiger partial charge is 0.305 e. The van der Waals surface area contributed by atoms with Gasteiger partial charge in [-0.2, -0.15) is 0 Å². The summed E-state index contributed by atoms with van der Waals surface area (Å²) in [5.74, 6) is -0.0251. The molecule has 78 heavy (non-hydrogen) atoms. The van der Waals surface area contributed by atoms with Crippen LogP contribution >= 0.6 is 0 Å². The van der Waals surface area contributed by atoms with E-state index in [4.69, 9.17) is 4.74 Å². The number of carbonyl (C=O) groups is 2. The molecule has 0 spiro atoms. The van der Waals surface area contributed by atoms with Crippen LogP contribution in [0.4, 0.5) is 0 Å². The Balaban J connectivity index is 3.39. The zero-order valence-corrected chi connectivity index (χ0v) is 52.9. The van der Waals surface area contributed by atoms with E-state index >= 15 is 0 Å². The van der Waals surface area contributed by atoms with Crippen LogP contribution in [0, 0.1) is 0 Å². The maximum Gasteiger partial charge on any atom is 0.305 e. The van der Waals surface area contributed by atoms with Crippen LogP contribution < -0.4 is 5.32 Å². The zero-order chi connectivity index (χ0) is 56.4. The van der Waals surface area contributed by atoms with Crippen molar-refractivity contribution in [2.75, 3.05) is 13.2 Å². The molecule has 0 aromatic heterocycles. The quantitative estimate of drug-likeness (QED) is 0.0320. The lowest BCUT2D eigenvalue weighted by atomic mass is 10.0. The van der Waals surface area contributed by atoms with Crippen LogP contribution in [0.3, 0.4) is 0 Å². The van der Waals surface area contributed by atoms with E-state index in [-0.39, 0.29) is 18.5 Å². The largest absolute Gasteiger partial charge is 0.466 e. The lowest BCUT2D eigenvalue weighted by molar-refractivity contribution is -0.143. The molecule has 0 bridgehead atoms. The van der Waals surface area contributed by atoms with E-state index in [9.17, 15) is 19.8 Å². The molecule has 0 aromatic rings. The first-order chi connectivity index (χ1) is 38.5. The topological polar surface area (TPSA) is 95.9 Å². The van der Waals surface area contributed by atoms with Crippen LogP contribution in [0.1, 0.15) is 399 Å². The van der Waals surface area contributed by atoms with Gasteiger partial charge in [0.25, 0.3) is 0 Å². The van der Waals surface area contributed by atoms with Crippen molar-refractivity contribution < 1.29 is 24.5 Å². The van der Waals surface area contributed by atoms with Crippen LogP contribution in [0.2, 0.25) is 0 Å². The van der Waals surface area contributed by atoms with Crippen LogP contribution in [0.15, 0.2) is 24.3 Å². The Morgan fingerprint density at radius 1 is 0.346 bits per heavy atom. The Kier molecular flexibility index (Phi) is 66.4. The molecular formula is C72H139NO5. The van der Waals surface area contributed by atoms with Crippen molar-refractivity contribution in [1.29, 1.82) is 0 Å². The number of esters is 1. The molecule has 6 nitrogen and oxygen atoms in total. The molecule has 2 atom stereocenters. The highest BCUT2D eigenvalue weighted by Gasteiger charge is 2.20. The zero-order valence-electron chi connectivity index (χ0n) is 52.9. The van der Waals surface area contributed by atoms with Gasteiger partial charge in [-0.15, -0.1) is 0 Å². The van der Waals surface area contributed by atoms with E-state index in [1.807, 2.05) is 0 Å². The molecule has 0 radical (unpaired) electrons. The SMILES string of the molecule is CCCCCCCCC/C=C\CCCCCCCCCC(=O)OCCCCCCCCCCCCCC/C=C\CCCCCCCCCCC(=O)NC(CO)C(O)CCCCCCCCCCCCCCCCCCCCC. The lowest BCUT2D eigenvalue weighted by Gasteiger charge is -2.22. The summed E-state index contributed by atoms with van der Waals surface area (Å²) in [6.07, 6.45) is 85.1. The summed E-state index contributed by atoms with van der Waals surface area (Å²) in [5, 5.41) is 23.4. The fraction of sp³-hybridized carbons (Fsp3) is 0.917. The predicted octanol–water partition coefficient (Wildman–Crippen LogP) is 22.9. The Morgan fingerprint density at radius 2 is 0.603 bits per heavy atom. The molecular weight excluding hydrogens is 959 g/mol. The van der Waals surface area contributed by atoms with E-state index in [2.05, 4.69) is 43.5 Å². The highest BCUT2D eigenvalue weighted by molar-refractivity contribution is 5.76. The third-order valence-corrected chi connectivity index (χ3v) is 16.7. The van der Waals surface area contributed by atoms with Gasteiger partial charge in [-0.05, 0) is 77.0 Å². The number of unbranched alkanes of at least 4 members (excludes halogenated alkanes) is 52. The molecule has 6 heteroatoms. The van der Waals surface area contributed by atoms with Crippen LogP contribution in [-0.4, -0.2) is 47.4 Å². The number of aliphatic hydroxyl groups excluding tert-OH is 2. The molecule has 0 aromatic carbocycles. The van der Waals surface area contributed by atoms with Gasteiger partial charge in [0.15, 0.2) is 0 Å². The summed E-state index contributed by atoms with van der Waals surface area (Å²) in [6, 6.07) is -0.545. The van der Waals surface area contributed by atoms with Crippen LogP contribution in [-0.2, 0) is 14.3 Å². The number of amides is 1. The van der Waals surface area contributed by atoms with Gasteiger partial charge in [0.1, 0.15) is 0 Å². The van der Waals surface area contributed by atoms with Crippen molar-refractivity contribution >= 4 is 11.9 Å². The summed E-state index contributed by atoms with van der Waals surface area (Å²) in [5.41, 5.74) is 0. The van der Waals surface area contributed by atoms with Gasteiger partial charge in [0.2, 0.25) is 5.91 Å². The van der Waals surface area contributed by atoms with E-state index in [1.54, 1.807) is 0 Å². The third kappa shape index (κ3) is 63.5. The minimum atomic E-state index is -0.668. The monoisotopic (exact) mass is 1100 g/mol. The molecule has 0 rings (SSSR count). The van der Waals surface area contributed by atoms with Crippen molar-refractivity contribution in [2.45, 2.75) is 411 Å². The fourth-order valence-corrected chi connectivity index (χ4v) is 11.3. The first-order valence-electron chi connectivity index (χ1n) is 35.6. The number of ether oxygens (including phenoxy) is 1. The van der Waals surface area contributed by atoms with Gasteiger partial charge in [-0.3, -0.25) is 9.59 Å². The van der Waals surface area contributed by atoms with Gasteiger partial charge in [-0.1, -0.05) is 334 Å². The number of nitrogens with one attached hydrogen (secondary N) is 1. The summed E-state index contributed by atoms with van der Waals surface area (Å²) < 4.78 is 5.50. The average molecular weight is 1100 g/mol. The molecule has 462 valence electrons. The fourth-order valence-electron chi connectivity index (χ4n) is 11.3. The molecule has 1 amide bonds. The Hall–Kier alpha value is -1.66. The van der Waals surface area contributed by atoms with Crippen molar-refractivity contribution in [2.24, 2.45) is 0 Å². The Morgan fingerprint density at radius 3 is 0.910 bits per heavy atom. The van der Waals surface area contributed by atoms with Crippen molar-refractivity contribution in [1.82, 2.24) is 5.32 Å². The molecule has 0 saturated heterocycles. The second-order valence-electron chi connectivity index (χ2n) is 24.6. The second-order valence-corrected chi connectivity index (χ2v) is 24.6. The van der Waals surface area contributed by atoms with Crippen molar-refractivity contribution in [3.05, 3.63) is 24.3 Å². The van der Waals surface area contributed by atoms with Crippen molar-refractivity contribution in [3.8, 4) is 0 Å². The lowest BCUT2D eigenvalue weighted by Crippen LogP contribution is -2.45. The number of allylic oxidation sites excluding steroid dienone is 4. The van der Waals surface area contributed by atoms with E-state index in [0.717, 1.165) is 44.9 Å². The summed E-state index contributed by atoms with van der Waals surface area (Å²) in [4.78, 5) is 24.6. The van der Waals surface area contributed by atoms with E-state index in [1.165, 1.54) is 321 Å². The molecule has 0 saturated carbocycles. The Labute approximate surface area is 488 Å². The van der Waals surface area contributed by atoms with Crippen LogP contribution in [0.25, 0.3) is 0 Å². The standard InChI is InChI=1S/C72H139NO5/c1-3-5-7-9-11-13-15-17-19-21-29-32-36-40-44-48-52-56-60-64-70(75)69(68-74)73-71(76)65-61-57-53-49-45-41-37-33-30-27-25-23-24-26-28-31-35-39-43-47-51-55-59-63-67-78-72(77)66-62-58-54-50-46-42-38-34-22-20-18-16-14-12-10-8-6-4-2/h20,22,25,27,69-70,74-75H,3-19,21,23-24,26,28-68H2,1-2H3,(H,73,76)/b22-20-,27-25-. The number of hydrogen-bond acceptors (Lipinski definition) is 5. The van der Waals surface area contributed by atoms with Gasteiger partial charge in [0.05, 0.1) is 25.4 Å². The van der Waals surface area contributed by atoms with Gasteiger partial charge < -0.3 is 20.3 Å². The van der Waals surface area contributed by atoms with Gasteiger partial charge >= 0.3 is 5.97 Å². The summed E-state index contributed by atoms with van der Waals surface area (Å²) in [6.45, 7) is 4.98. The molecule has 0 aliphatic rings. The second kappa shape index (κ2) is 67.8. The van der Waals surface area contributed by atoms with Gasteiger partial charge in [0, 0.05) is 12.8 Å². The first-order valence-corrected chi connectivity index (χ1v) is 35.6. The van der Waals surface area contributed by atoms with E-state index in [0.29, 0.717) is 25.9 Å². The molecule has 0 aliphatic carbocycles. The van der Waals surface area contributed by atoms with E-state index < -0.39 is 12.1 Å². The molecule has 0 heterocycles. The first kappa shape index (κ1) is 76.3. The van der Waals surface area contributed by atoms with Crippen LogP contribution in [0.5, 0.6) is 0 Å². The molecule has 2 unspecified atom stereocenters. The maximum absolute atomic E-state index is 12.5. The minimum absolute atomic E-state index is 0.0106. The normalized spacial score (nSPS) is 12.6. The average Bonchev–Trinajstić information content (AvgIpc) is 3.44. The number of hydrogen-bond donors (Lipinski definition) is 3. The molecule has 3 N–H and O–H groups in total. The third-order valence-electron chi connectivity index (χ3n) is 16.7. The highest BCUT2D eigenvalue weighted by atomic mass is 16.5. The number of carbonyl (C=O) groups excluding carboxylic acids is 2. The summed E-state index contributed by atoms with van der Waals surface area (Å²) in [7, 11) is 0. The Bertz CT molecular complexity index is 1220. The molecule has 0 aliphatic heterocycles. The molecule has 0 fully saturated rings. The number of rotatable bonds is 67. The highest BCUT2D eigenvalue weighted by Crippen LogP contribution is 2.19. The van der Waals surface area contributed by atoms with Crippen molar-refractivity contribution in [3.63, 3.8) is 0 Å².